The van der Waals surface area contributed by atoms with Crippen molar-refractivity contribution in [1.29, 1.82) is 0 Å². The minimum absolute atomic E-state index is 0.0896. The van der Waals surface area contributed by atoms with Gasteiger partial charge in [0.1, 0.15) is 13.2 Å². The average Bonchev–Trinajstić information content (AvgIpc) is 3.18. The van der Waals surface area contributed by atoms with E-state index in [-0.39, 0.29) is 11.7 Å². The van der Waals surface area contributed by atoms with Gasteiger partial charge < -0.3 is 14.0 Å². The average molecular weight is 457 g/mol. The standard InChI is InChI=1S/C26H20N2O4S/c1-2-12-28-20-15-21-22(32-14-13-31-21)16-23(20)33-26(28)27-25(30)19-10-8-18(9-11-19)24(29)17-6-4-3-5-7-17/h2-11,15-16H,1,12-14H2. The molecular formula is C26H20N2O4S. The Labute approximate surface area is 194 Å². The molecule has 0 N–H and O–H groups in total. The predicted molar refractivity (Wildman–Crippen MR) is 127 cm³/mol. The van der Waals surface area contributed by atoms with Gasteiger partial charge in [0.05, 0.1) is 10.2 Å². The van der Waals surface area contributed by atoms with E-state index in [4.69, 9.17) is 9.47 Å². The Hall–Kier alpha value is -3.97. The maximum atomic E-state index is 12.9. The third-order valence-electron chi connectivity index (χ3n) is 5.29. The molecule has 3 aromatic carbocycles. The van der Waals surface area contributed by atoms with Crippen LogP contribution >= 0.6 is 11.3 Å². The number of nitrogens with zero attached hydrogens (tertiary/aromatic N) is 2. The fraction of sp³-hybridized carbons (Fsp3) is 0.115. The van der Waals surface area contributed by atoms with Crippen molar-refractivity contribution in [3.8, 4) is 11.5 Å². The second-order valence-corrected chi connectivity index (χ2v) is 8.45. The highest BCUT2D eigenvalue weighted by Crippen LogP contribution is 2.35. The number of rotatable bonds is 5. The van der Waals surface area contributed by atoms with Crippen molar-refractivity contribution >= 4 is 33.2 Å². The third kappa shape index (κ3) is 4.10. The normalized spacial score (nSPS) is 13.2. The summed E-state index contributed by atoms with van der Waals surface area (Å²) in [6, 6.07) is 19.5. The molecule has 0 spiro atoms. The van der Waals surface area contributed by atoms with E-state index >= 15 is 0 Å². The zero-order chi connectivity index (χ0) is 22.8. The van der Waals surface area contributed by atoms with Gasteiger partial charge in [-0.1, -0.05) is 59.9 Å². The first-order valence-electron chi connectivity index (χ1n) is 10.5. The van der Waals surface area contributed by atoms with Gasteiger partial charge in [-0.3, -0.25) is 9.59 Å². The molecule has 0 bridgehead atoms. The van der Waals surface area contributed by atoms with Gasteiger partial charge in [-0.15, -0.1) is 6.58 Å². The fourth-order valence-corrected chi connectivity index (χ4v) is 4.72. The van der Waals surface area contributed by atoms with Gasteiger partial charge in [0.15, 0.2) is 22.1 Å². The summed E-state index contributed by atoms with van der Waals surface area (Å²) in [5, 5.41) is 0. The van der Waals surface area contributed by atoms with Crippen LogP contribution in [0.3, 0.4) is 0 Å². The van der Waals surface area contributed by atoms with Gasteiger partial charge in [-0.2, -0.15) is 4.99 Å². The highest BCUT2D eigenvalue weighted by Gasteiger charge is 2.17. The zero-order valence-electron chi connectivity index (χ0n) is 17.7. The Balaban J connectivity index is 1.49. The molecule has 0 saturated carbocycles. The van der Waals surface area contributed by atoms with E-state index in [0.717, 1.165) is 10.2 Å². The smallest absolute Gasteiger partial charge is 0.279 e. The molecule has 2 heterocycles. The number of ketones is 1. The Morgan fingerprint density at radius 1 is 0.939 bits per heavy atom. The van der Waals surface area contributed by atoms with Crippen molar-refractivity contribution in [2.45, 2.75) is 6.54 Å². The maximum absolute atomic E-state index is 12.9. The summed E-state index contributed by atoms with van der Waals surface area (Å²) in [6.45, 7) is 5.34. The molecule has 5 rings (SSSR count). The Bertz CT molecular complexity index is 1430. The minimum Gasteiger partial charge on any atom is -0.486 e. The minimum atomic E-state index is -0.379. The van der Waals surface area contributed by atoms with E-state index < -0.39 is 0 Å². The highest BCUT2D eigenvalue weighted by atomic mass is 32.1. The van der Waals surface area contributed by atoms with Crippen LogP contribution < -0.4 is 14.3 Å². The van der Waals surface area contributed by atoms with Crippen molar-refractivity contribution in [2.24, 2.45) is 4.99 Å². The first-order valence-corrected chi connectivity index (χ1v) is 11.3. The fourth-order valence-electron chi connectivity index (χ4n) is 3.67. The zero-order valence-corrected chi connectivity index (χ0v) is 18.5. The van der Waals surface area contributed by atoms with Crippen LogP contribution in [0.5, 0.6) is 11.5 Å². The number of aromatic nitrogens is 1. The topological polar surface area (TPSA) is 69.9 Å². The summed E-state index contributed by atoms with van der Waals surface area (Å²) in [5.41, 5.74) is 2.44. The van der Waals surface area contributed by atoms with Crippen LogP contribution in [0.4, 0.5) is 0 Å². The summed E-state index contributed by atoms with van der Waals surface area (Å²) in [7, 11) is 0. The highest BCUT2D eigenvalue weighted by molar-refractivity contribution is 7.16. The summed E-state index contributed by atoms with van der Waals surface area (Å²) < 4.78 is 14.3. The molecule has 6 nitrogen and oxygen atoms in total. The number of hydrogen-bond donors (Lipinski definition) is 0. The summed E-state index contributed by atoms with van der Waals surface area (Å²) >= 11 is 1.40. The molecule has 0 unspecified atom stereocenters. The van der Waals surface area contributed by atoms with Crippen molar-refractivity contribution < 1.29 is 19.1 Å². The number of ether oxygens (including phenoxy) is 2. The number of allylic oxidation sites excluding steroid dienone is 1. The molecule has 0 fully saturated rings. The molecule has 0 saturated heterocycles. The number of amides is 1. The van der Waals surface area contributed by atoms with Crippen LogP contribution in [0.1, 0.15) is 26.3 Å². The van der Waals surface area contributed by atoms with E-state index in [0.29, 0.717) is 52.7 Å². The Morgan fingerprint density at radius 2 is 1.58 bits per heavy atom. The Kier molecular flexibility index (Phi) is 5.62. The van der Waals surface area contributed by atoms with Gasteiger partial charge in [-0.05, 0) is 12.1 Å². The van der Waals surface area contributed by atoms with Crippen molar-refractivity contribution in [3.63, 3.8) is 0 Å². The van der Waals surface area contributed by atoms with Crippen LogP contribution in [0, 0.1) is 0 Å². The lowest BCUT2D eigenvalue weighted by Gasteiger charge is -2.18. The molecule has 1 aliphatic rings. The lowest BCUT2D eigenvalue weighted by atomic mass is 10.0. The molecule has 1 aliphatic heterocycles. The van der Waals surface area contributed by atoms with Crippen molar-refractivity contribution in [1.82, 2.24) is 4.57 Å². The number of hydrogen-bond acceptors (Lipinski definition) is 5. The van der Waals surface area contributed by atoms with Crippen LogP contribution in [0.15, 0.2) is 84.4 Å². The first kappa shape index (κ1) is 20.9. The van der Waals surface area contributed by atoms with Gasteiger partial charge in [0.2, 0.25) is 0 Å². The van der Waals surface area contributed by atoms with Gasteiger partial charge >= 0.3 is 0 Å². The summed E-state index contributed by atoms with van der Waals surface area (Å²) in [6.07, 6.45) is 1.76. The van der Waals surface area contributed by atoms with Crippen LogP contribution in [-0.2, 0) is 6.54 Å². The van der Waals surface area contributed by atoms with Gasteiger partial charge in [-0.25, -0.2) is 0 Å². The lowest BCUT2D eigenvalue weighted by molar-refractivity contribution is 0.0994. The maximum Gasteiger partial charge on any atom is 0.279 e. The Morgan fingerprint density at radius 3 is 2.27 bits per heavy atom. The molecule has 164 valence electrons. The third-order valence-corrected chi connectivity index (χ3v) is 6.33. The molecule has 7 heteroatoms. The van der Waals surface area contributed by atoms with E-state index in [2.05, 4.69) is 11.6 Å². The molecule has 1 amide bonds. The van der Waals surface area contributed by atoms with Gasteiger partial charge in [0.25, 0.3) is 5.91 Å². The second-order valence-electron chi connectivity index (χ2n) is 7.44. The summed E-state index contributed by atoms with van der Waals surface area (Å²) in [5.74, 6) is 0.904. The van der Waals surface area contributed by atoms with E-state index in [1.807, 2.05) is 34.9 Å². The lowest BCUT2D eigenvalue weighted by Crippen LogP contribution is -2.17. The number of thiazole rings is 1. The second kappa shape index (κ2) is 8.88. The molecule has 0 aliphatic carbocycles. The molecule has 0 atom stereocenters. The van der Waals surface area contributed by atoms with Crippen LogP contribution in [0.25, 0.3) is 10.2 Å². The molecule has 33 heavy (non-hydrogen) atoms. The molecular weight excluding hydrogens is 436 g/mol. The SMILES string of the molecule is C=CCn1c(=NC(=O)c2ccc(C(=O)c3ccccc3)cc2)sc2cc3c(cc21)OCCO3. The molecule has 0 radical (unpaired) electrons. The van der Waals surface area contributed by atoms with E-state index in [1.165, 1.54) is 11.3 Å². The molecule has 4 aromatic rings. The number of carbonyl (C=O) groups is 2. The predicted octanol–water partition coefficient (Wildman–Crippen LogP) is 4.63. The van der Waals surface area contributed by atoms with Crippen LogP contribution in [0.2, 0.25) is 0 Å². The largest absolute Gasteiger partial charge is 0.486 e. The quantitative estimate of drug-likeness (QED) is 0.324. The van der Waals surface area contributed by atoms with Crippen LogP contribution in [-0.4, -0.2) is 29.5 Å². The van der Waals surface area contributed by atoms with Crippen molar-refractivity contribution in [2.75, 3.05) is 13.2 Å². The molecule has 1 aromatic heterocycles. The first-order chi connectivity index (χ1) is 16.1. The van der Waals surface area contributed by atoms with E-state index in [1.54, 1.807) is 42.5 Å². The number of fused-ring (bicyclic) bond motifs is 2. The monoisotopic (exact) mass is 456 g/mol. The number of benzene rings is 3. The van der Waals surface area contributed by atoms with Gasteiger partial charge in [0, 0.05) is 35.4 Å². The number of carbonyl (C=O) groups excluding carboxylic acids is 2. The van der Waals surface area contributed by atoms with Crippen molar-refractivity contribution in [3.05, 3.63) is 101 Å². The van der Waals surface area contributed by atoms with E-state index in [9.17, 15) is 9.59 Å². The summed E-state index contributed by atoms with van der Waals surface area (Å²) in [4.78, 5) is 30.5.